The summed E-state index contributed by atoms with van der Waals surface area (Å²) in [6, 6.07) is 7.02. The lowest BCUT2D eigenvalue weighted by Crippen LogP contribution is -2.51. The molecule has 168 valence electrons. The first-order valence-electron chi connectivity index (χ1n) is 10.4. The summed E-state index contributed by atoms with van der Waals surface area (Å²) in [5, 5.41) is 5.69. The Kier molecular flexibility index (Phi) is 5.45. The number of fused-ring (bicyclic) bond motifs is 1. The van der Waals surface area contributed by atoms with Gasteiger partial charge in [0.05, 0.1) is 35.7 Å². The van der Waals surface area contributed by atoms with Crippen molar-refractivity contribution in [1.82, 2.24) is 15.5 Å². The molecule has 0 bridgehead atoms. The zero-order valence-electron chi connectivity index (χ0n) is 17.5. The lowest BCUT2D eigenvalue weighted by Gasteiger charge is -2.32. The zero-order chi connectivity index (χ0) is 22.3. The van der Waals surface area contributed by atoms with E-state index in [1.54, 1.807) is 31.2 Å². The van der Waals surface area contributed by atoms with E-state index in [4.69, 9.17) is 4.74 Å². The number of ether oxygens (including phenoxy) is 1. The molecule has 0 radical (unpaired) electrons. The van der Waals surface area contributed by atoms with Crippen LogP contribution >= 0.6 is 0 Å². The molecule has 3 heterocycles. The van der Waals surface area contributed by atoms with Gasteiger partial charge in [0.2, 0.25) is 11.8 Å². The first-order valence-corrected chi connectivity index (χ1v) is 12.3. The minimum absolute atomic E-state index is 0.0550. The molecule has 0 aromatic heterocycles. The lowest BCUT2D eigenvalue weighted by molar-refractivity contribution is -0.136. The molecule has 0 aliphatic carbocycles. The molecule has 2 N–H and O–H groups in total. The molecule has 3 aliphatic heterocycles. The van der Waals surface area contributed by atoms with Crippen molar-refractivity contribution in [3.05, 3.63) is 29.8 Å². The van der Waals surface area contributed by atoms with Crippen LogP contribution in [0.15, 0.2) is 24.3 Å². The summed E-state index contributed by atoms with van der Waals surface area (Å²) in [5.41, 5.74) is -1.06. The number of carbonyl (C=O) groups excluding carboxylic acids is 3. The Balaban J connectivity index is 1.42. The molecule has 1 aromatic carbocycles. The first kappa shape index (κ1) is 21.6. The van der Waals surface area contributed by atoms with Crippen LogP contribution in [0.3, 0.4) is 0 Å². The summed E-state index contributed by atoms with van der Waals surface area (Å²) in [7, 11) is -3.15. The summed E-state index contributed by atoms with van der Waals surface area (Å²) >= 11 is 0. The molecule has 31 heavy (non-hydrogen) atoms. The van der Waals surface area contributed by atoms with Crippen molar-refractivity contribution in [3.8, 4) is 5.75 Å². The van der Waals surface area contributed by atoms with Gasteiger partial charge in [-0.1, -0.05) is 12.1 Å². The Morgan fingerprint density at radius 1 is 1.23 bits per heavy atom. The van der Waals surface area contributed by atoms with E-state index in [1.165, 1.54) is 4.90 Å². The lowest BCUT2D eigenvalue weighted by atomic mass is 9.94. The second kappa shape index (κ2) is 7.81. The third-order valence-corrected chi connectivity index (χ3v) is 8.20. The molecule has 0 saturated carbocycles. The maximum atomic E-state index is 12.7. The van der Waals surface area contributed by atoms with Crippen molar-refractivity contribution >= 4 is 27.6 Å². The van der Waals surface area contributed by atoms with Crippen LogP contribution in [0.1, 0.15) is 43.0 Å². The third kappa shape index (κ3) is 4.68. The number of hydrogen-bond acceptors (Lipinski definition) is 6. The van der Waals surface area contributed by atoms with Crippen LogP contribution in [-0.4, -0.2) is 73.3 Å². The summed E-state index contributed by atoms with van der Waals surface area (Å²) < 4.78 is 29.8. The van der Waals surface area contributed by atoms with Crippen molar-refractivity contribution in [1.29, 1.82) is 0 Å². The summed E-state index contributed by atoms with van der Waals surface area (Å²) in [5.74, 6) is -0.284. The predicted octanol–water partition coefficient (Wildman–Crippen LogP) is 0.254. The van der Waals surface area contributed by atoms with Crippen LogP contribution in [0, 0.1) is 0 Å². The highest BCUT2D eigenvalue weighted by atomic mass is 32.2. The van der Waals surface area contributed by atoms with E-state index in [2.05, 4.69) is 10.6 Å². The number of benzene rings is 1. The minimum atomic E-state index is -3.15. The van der Waals surface area contributed by atoms with Gasteiger partial charge in [-0.05, 0) is 31.9 Å². The van der Waals surface area contributed by atoms with Crippen molar-refractivity contribution in [2.24, 2.45) is 0 Å². The zero-order valence-corrected chi connectivity index (χ0v) is 18.3. The standard InChI is InChI=1S/C21H27N3O6S/c1-20(9-11-31(28,29)14-20)23-17(25)12-24-10-8-21(7-6-18(24)26)13-22-19(27)15-4-2-3-5-16(15)30-21/h2-5H,6-14H2,1H3,(H,22,27)(H,23,25)/t20-,21-/m0/s1. The van der Waals surface area contributed by atoms with Crippen molar-refractivity contribution in [2.45, 2.75) is 43.7 Å². The Labute approximate surface area is 181 Å². The van der Waals surface area contributed by atoms with E-state index >= 15 is 0 Å². The van der Waals surface area contributed by atoms with E-state index < -0.39 is 21.0 Å². The van der Waals surface area contributed by atoms with E-state index in [-0.39, 0.29) is 48.7 Å². The first-order chi connectivity index (χ1) is 14.6. The fourth-order valence-electron chi connectivity index (χ4n) is 4.54. The van der Waals surface area contributed by atoms with Crippen LogP contribution in [0.5, 0.6) is 5.75 Å². The van der Waals surface area contributed by atoms with Gasteiger partial charge in [-0.3, -0.25) is 14.4 Å². The Morgan fingerprint density at radius 3 is 2.74 bits per heavy atom. The fraction of sp³-hybridized carbons (Fsp3) is 0.571. The van der Waals surface area contributed by atoms with Gasteiger partial charge in [0.25, 0.3) is 5.91 Å². The van der Waals surface area contributed by atoms with E-state index in [0.29, 0.717) is 37.1 Å². The van der Waals surface area contributed by atoms with Crippen LogP contribution in [0.4, 0.5) is 0 Å². The number of para-hydroxylation sites is 1. The highest BCUT2D eigenvalue weighted by Crippen LogP contribution is 2.33. The van der Waals surface area contributed by atoms with Crippen molar-refractivity contribution < 1.29 is 27.5 Å². The average molecular weight is 450 g/mol. The van der Waals surface area contributed by atoms with Gasteiger partial charge in [-0.2, -0.15) is 0 Å². The number of rotatable bonds is 3. The molecule has 4 rings (SSSR count). The second-order valence-corrected chi connectivity index (χ2v) is 11.2. The number of likely N-dealkylation sites (tertiary alicyclic amines) is 1. The van der Waals surface area contributed by atoms with Gasteiger partial charge < -0.3 is 20.3 Å². The second-order valence-electron chi connectivity index (χ2n) is 8.98. The number of amides is 3. The molecule has 2 fully saturated rings. The average Bonchev–Trinajstić information content (AvgIpc) is 2.82. The number of nitrogens with zero attached hydrogens (tertiary/aromatic N) is 1. The predicted molar refractivity (Wildman–Crippen MR) is 112 cm³/mol. The Bertz CT molecular complexity index is 1030. The fourth-order valence-corrected chi connectivity index (χ4v) is 6.63. The molecule has 2 atom stereocenters. The quantitative estimate of drug-likeness (QED) is 0.682. The Morgan fingerprint density at radius 2 is 2.00 bits per heavy atom. The number of carbonyl (C=O) groups is 3. The number of sulfone groups is 1. The molecule has 3 aliphatic rings. The highest BCUT2D eigenvalue weighted by Gasteiger charge is 2.42. The maximum absolute atomic E-state index is 12.7. The molecule has 1 spiro atoms. The van der Waals surface area contributed by atoms with E-state index in [1.807, 2.05) is 0 Å². The van der Waals surface area contributed by atoms with Gasteiger partial charge in [-0.25, -0.2) is 8.42 Å². The van der Waals surface area contributed by atoms with Gasteiger partial charge in [0, 0.05) is 19.4 Å². The number of hydrogen-bond donors (Lipinski definition) is 2. The van der Waals surface area contributed by atoms with Gasteiger partial charge in [0.1, 0.15) is 11.4 Å². The van der Waals surface area contributed by atoms with Gasteiger partial charge in [-0.15, -0.1) is 0 Å². The van der Waals surface area contributed by atoms with Crippen molar-refractivity contribution in [2.75, 3.05) is 31.1 Å². The molecule has 2 saturated heterocycles. The summed E-state index contributed by atoms with van der Waals surface area (Å²) in [6.45, 7) is 2.17. The summed E-state index contributed by atoms with van der Waals surface area (Å²) in [4.78, 5) is 39.1. The SMILES string of the molecule is C[C@]1(NC(=O)CN2CC[C@@]3(CCC2=O)CNC(=O)c2ccccc2O3)CCS(=O)(=O)C1. The molecule has 9 nitrogen and oxygen atoms in total. The minimum Gasteiger partial charge on any atom is -0.485 e. The maximum Gasteiger partial charge on any atom is 0.255 e. The molecule has 10 heteroatoms. The summed E-state index contributed by atoms with van der Waals surface area (Å²) in [6.07, 6.45) is 1.45. The van der Waals surface area contributed by atoms with Crippen LogP contribution in [0.2, 0.25) is 0 Å². The van der Waals surface area contributed by atoms with Crippen LogP contribution < -0.4 is 15.4 Å². The highest BCUT2D eigenvalue weighted by molar-refractivity contribution is 7.91. The largest absolute Gasteiger partial charge is 0.485 e. The monoisotopic (exact) mass is 449 g/mol. The normalized spacial score (nSPS) is 30.0. The molecule has 0 unspecified atom stereocenters. The van der Waals surface area contributed by atoms with Crippen LogP contribution in [-0.2, 0) is 19.4 Å². The van der Waals surface area contributed by atoms with Crippen molar-refractivity contribution in [3.63, 3.8) is 0 Å². The van der Waals surface area contributed by atoms with Crippen LogP contribution in [0.25, 0.3) is 0 Å². The van der Waals surface area contributed by atoms with Gasteiger partial charge >= 0.3 is 0 Å². The third-order valence-electron chi connectivity index (χ3n) is 6.29. The van der Waals surface area contributed by atoms with Gasteiger partial charge in [0.15, 0.2) is 9.84 Å². The smallest absolute Gasteiger partial charge is 0.255 e. The molecule has 3 amide bonds. The number of nitrogens with one attached hydrogen (secondary N) is 2. The van der Waals surface area contributed by atoms with E-state index in [0.717, 1.165) is 0 Å². The molecule has 1 aromatic rings. The topological polar surface area (TPSA) is 122 Å². The Hall–Kier alpha value is -2.62. The molecular weight excluding hydrogens is 422 g/mol. The van der Waals surface area contributed by atoms with E-state index in [9.17, 15) is 22.8 Å². The molecular formula is C21H27N3O6S.